The van der Waals surface area contributed by atoms with E-state index in [0.29, 0.717) is 22.0 Å². The van der Waals surface area contributed by atoms with E-state index in [4.69, 9.17) is 17.3 Å². The molecule has 0 atom stereocenters. The summed E-state index contributed by atoms with van der Waals surface area (Å²) in [7, 11) is 0. The Morgan fingerprint density at radius 1 is 1.25 bits per heavy atom. The van der Waals surface area contributed by atoms with Gasteiger partial charge >= 0.3 is 0 Å². The van der Waals surface area contributed by atoms with Crippen LogP contribution in [0.3, 0.4) is 0 Å². The zero-order valence-corrected chi connectivity index (χ0v) is 17.8. The van der Waals surface area contributed by atoms with Gasteiger partial charge in [0.25, 0.3) is 5.91 Å². The molecule has 2 heterocycles. The third kappa shape index (κ3) is 4.71. The number of amides is 1. The van der Waals surface area contributed by atoms with Crippen LogP contribution < -0.4 is 11.2 Å². The molecular weight excluding hydrogens is 456 g/mol. The lowest BCUT2D eigenvalue weighted by atomic mass is 10.2. The minimum atomic E-state index is -0.607. The van der Waals surface area contributed by atoms with Crippen molar-refractivity contribution in [3.05, 3.63) is 70.5 Å². The van der Waals surface area contributed by atoms with Crippen LogP contribution in [0.5, 0.6) is 5.75 Å². The summed E-state index contributed by atoms with van der Waals surface area (Å²) in [6, 6.07) is 13.8. The molecule has 0 unspecified atom stereocenters. The number of hydrazone groups is 1. The molecule has 0 saturated heterocycles. The highest BCUT2D eigenvalue weighted by atomic mass is 35.5. The standard InChI is InChI=1S/C19H15ClN8O3S/c20-12-5-7-13(8-6-12)32-10-14-16(23-27-28(14)18-17(21)25-31-26-18)19(30)24-22-9-11-3-1-2-4-15(11)29/h1-9,29H,10H2,(H2,21,25)(H,24,30)/b22-9+. The lowest BCUT2D eigenvalue weighted by molar-refractivity contribution is 0.0949. The third-order valence-electron chi connectivity index (χ3n) is 4.17. The summed E-state index contributed by atoms with van der Waals surface area (Å²) in [5, 5.41) is 29.5. The molecule has 162 valence electrons. The van der Waals surface area contributed by atoms with Crippen LogP contribution in [-0.4, -0.2) is 42.5 Å². The summed E-state index contributed by atoms with van der Waals surface area (Å²) in [4.78, 5) is 13.7. The fourth-order valence-corrected chi connectivity index (χ4v) is 3.62. The molecule has 11 nitrogen and oxygen atoms in total. The highest BCUT2D eigenvalue weighted by Crippen LogP contribution is 2.27. The number of anilines is 1. The van der Waals surface area contributed by atoms with E-state index in [-0.39, 0.29) is 23.1 Å². The Balaban J connectivity index is 1.58. The van der Waals surface area contributed by atoms with E-state index >= 15 is 0 Å². The SMILES string of the molecule is Nc1nonc1-n1nnc(C(=O)N/N=C/c2ccccc2O)c1CSc1ccc(Cl)cc1. The van der Waals surface area contributed by atoms with E-state index in [1.165, 1.54) is 28.7 Å². The van der Waals surface area contributed by atoms with Crippen molar-refractivity contribution in [1.29, 1.82) is 0 Å². The van der Waals surface area contributed by atoms with Crippen molar-refractivity contribution in [2.45, 2.75) is 10.6 Å². The molecule has 4 rings (SSSR count). The molecule has 32 heavy (non-hydrogen) atoms. The molecular formula is C19H15ClN8O3S. The van der Waals surface area contributed by atoms with Gasteiger partial charge < -0.3 is 10.8 Å². The van der Waals surface area contributed by atoms with Gasteiger partial charge in [0.2, 0.25) is 11.6 Å². The van der Waals surface area contributed by atoms with Crippen molar-refractivity contribution in [3.8, 4) is 11.6 Å². The van der Waals surface area contributed by atoms with Crippen LogP contribution in [0.1, 0.15) is 21.7 Å². The molecule has 1 amide bonds. The number of halogens is 1. The molecule has 0 saturated carbocycles. The van der Waals surface area contributed by atoms with Crippen LogP contribution in [-0.2, 0) is 5.75 Å². The summed E-state index contributed by atoms with van der Waals surface area (Å²) in [5.41, 5.74) is 9.03. The number of aromatic nitrogens is 5. The Bertz CT molecular complexity index is 1270. The number of thioether (sulfide) groups is 1. The molecule has 4 aromatic rings. The largest absolute Gasteiger partial charge is 0.507 e. The van der Waals surface area contributed by atoms with Crippen LogP contribution >= 0.6 is 23.4 Å². The summed E-state index contributed by atoms with van der Waals surface area (Å²) >= 11 is 7.36. The van der Waals surface area contributed by atoms with Crippen molar-refractivity contribution in [3.63, 3.8) is 0 Å². The fourth-order valence-electron chi connectivity index (χ4n) is 2.61. The first kappa shape index (κ1) is 21.3. The van der Waals surface area contributed by atoms with Gasteiger partial charge in [-0.15, -0.1) is 16.9 Å². The number of hydrogen-bond donors (Lipinski definition) is 3. The number of nitrogens with one attached hydrogen (secondary N) is 1. The number of phenolic OH excluding ortho intramolecular Hbond substituents is 1. The number of benzene rings is 2. The molecule has 13 heteroatoms. The van der Waals surface area contributed by atoms with Gasteiger partial charge in [-0.1, -0.05) is 28.9 Å². The van der Waals surface area contributed by atoms with Gasteiger partial charge in [-0.3, -0.25) is 4.79 Å². The van der Waals surface area contributed by atoms with Gasteiger partial charge in [0.15, 0.2) is 5.69 Å². The Morgan fingerprint density at radius 2 is 2.03 bits per heavy atom. The number of nitrogens with zero attached hydrogens (tertiary/aromatic N) is 6. The number of carbonyl (C=O) groups is 1. The topological polar surface area (TPSA) is 157 Å². The number of nitrogen functional groups attached to an aromatic ring is 1. The van der Waals surface area contributed by atoms with E-state index in [1.54, 1.807) is 30.3 Å². The molecule has 4 N–H and O–H groups in total. The minimum absolute atomic E-state index is 0.00262. The maximum Gasteiger partial charge on any atom is 0.293 e. The summed E-state index contributed by atoms with van der Waals surface area (Å²) in [6.07, 6.45) is 1.32. The van der Waals surface area contributed by atoms with Crippen molar-refractivity contribution in [2.75, 3.05) is 5.73 Å². The normalized spacial score (nSPS) is 11.2. The molecule has 0 aliphatic rings. The zero-order valence-electron chi connectivity index (χ0n) is 16.2. The van der Waals surface area contributed by atoms with E-state index in [1.807, 2.05) is 12.1 Å². The van der Waals surface area contributed by atoms with E-state index < -0.39 is 5.91 Å². The predicted octanol–water partition coefficient (Wildman–Crippen LogP) is 2.65. The first-order chi connectivity index (χ1) is 15.5. The smallest absolute Gasteiger partial charge is 0.293 e. The van der Waals surface area contributed by atoms with Crippen LogP contribution in [0.25, 0.3) is 5.82 Å². The molecule has 0 bridgehead atoms. The van der Waals surface area contributed by atoms with Gasteiger partial charge in [0.1, 0.15) is 5.75 Å². The quantitative estimate of drug-likeness (QED) is 0.210. The lowest BCUT2D eigenvalue weighted by Gasteiger charge is -2.06. The Morgan fingerprint density at radius 3 is 2.75 bits per heavy atom. The summed E-state index contributed by atoms with van der Waals surface area (Å²) < 4.78 is 5.93. The molecule has 0 fully saturated rings. The van der Waals surface area contributed by atoms with Crippen molar-refractivity contribution in [1.82, 2.24) is 30.7 Å². The first-order valence-electron chi connectivity index (χ1n) is 9.05. The second-order valence-electron chi connectivity index (χ2n) is 6.27. The highest BCUT2D eigenvalue weighted by molar-refractivity contribution is 7.98. The fraction of sp³-hybridized carbons (Fsp3) is 0.0526. The van der Waals surface area contributed by atoms with Gasteiger partial charge in [-0.05, 0) is 46.7 Å². The Kier molecular flexibility index (Phi) is 6.33. The molecule has 0 radical (unpaired) electrons. The molecule has 0 spiro atoms. The van der Waals surface area contributed by atoms with Gasteiger partial charge in [0, 0.05) is 21.2 Å². The summed E-state index contributed by atoms with van der Waals surface area (Å²) in [6.45, 7) is 0. The molecule has 2 aromatic heterocycles. The first-order valence-corrected chi connectivity index (χ1v) is 10.4. The monoisotopic (exact) mass is 470 g/mol. The Labute approximate surface area is 190 Å². The van der Waals surface area contributed by atoms with Crippen molar-refractivity contribution >= 4 is 41.3 Å². The lowest BCUT2D eigenvalue weighted by Crippen LogP contribution is -2.20. The second-order valence-corrected chi connectivity index (χ2v) is 7.76. The third-order valence-corrected chi connectivity index (χ3v) is 5.45. The van der Waals surface area contributed by atoms with E-state index in [9.17, 15) is 9.90 Å². The van der Waals surface area contributed by atoms with Crippen LogP contribution in [0, 0.1) is 0 Å². The van der Waals surface area contributed by atoms with Crippen LogP contribution in [0.15, 0.2) is 63.2 Å². The van der Waals surface area contributed by atoms with E-state index in [2.05, 4.69) is 35.8 Å². The van der Waals surface area contributed by atoms with Crippen molar-refractivity contribution in [2.24, 2.45) is 5.10 Å². The van der Waals surface area contributed by atoms with Gasteiger partial charge in [-0.25, -0.2) is 10.1 Å². The minimum Gasteiger partial charge on any atom is -0.507 e. The number of aromatic hydroxyl groups is 1. The number of carbonyl (C=O) groups excluding carboxylic acids is 1. The Hall–Kier alpha value is -3.90. The number of nitrogens with two attached hydrogens (primary N) is 1. The number of rotatable bonds is 7. The second kappa shape index (κ2) is 9.49. The number of hydrogen-bond acceptors (Lipinski definition) is 10. The predicted molar refractivity (Wildman–Crippen MR) is 118 cm³/mol. The van der Waals surface area contributed by atoms with Crippen LogP contribution in [0.4, 0.5) is 5.82 Å². The van der Waals surface area contributed by atoms with Gasteiger partial charge in [0.05, 0.1) is 11.9 Å². The summed E-state index contributed by atoms with van der Waals surface area (Å²) in [5.74, 6) is -0.166. The maximum atomic E-state index is 12.7. The number of phenols is 1. The zero-order chi connectivity index (χ0) is 22.5. The maximum absolute atomic E-state index is 12.7. The molecule has 2 aromatic carbocycles. The van der Waals surface area contributed by atoms with E-state index in [0.717, 1.165) is 4.90 Å². The average molecular weight is 471 g/mol. The highest BCUT2D eigenvalue weighted by Gasteiger charge is 2.24. The van der Waals surface area contributed by atoms with Gasteiger partial charge in [-0.2, -0.15) is 9.78 Å². The van der Waals surface area contributed by atoms with Crippen molar-refractivity contribution < 1.29 is 14.5 Å². The van der Waals surface area contributed by atoms with Crippen LogP contribution in [0.2, 0.25) is 5.02 Å². The molecule has 0 aliphatic heterocycles. The number of para-hydroxylation sites is 1. The average Bonchev–Trinajstić information content (AvgIpc) is 3.40. The molecule has 0 aliphatic carbocycles.